The number of hydrogen-bond acceptors (Lipinski definition) is 5. The summed E-state index contributed by atoms with van der Waals surface area (Å²) in [6.07, 6.45) is 0.543. The van der Waals surface area contributed by atoms with E-state index in [1.807, 2.05) is 50.1 Å². The van der Waals surface area contributed by atoms with E-state index >= 15 is 0 Å². The third-order valence-electron chi connectivity index (χ3n) is 4.94. The average molecular weight is 356 g/mol. The number of hydrogen-bond donors (Lipinski definition) is 1. The number of nitrogens with one attached hydrogen (secondary N) is 1. The van der Waals surface area contributed by atoms with Gasteiger partial charge in [-0.25, -0.2) is 0 Å². The first-order valence-electron chi connectivity index (χ1n) is 8.59. The van der Waals surface area contributed by atoms with E-state index in [0.29, 0.717) is 13.0 Å². The molecule has 0 bridgehead atoms. The van der Waals surface area contributed by atoms with E-state index in [4.69, 9.17) is 4.74 Å². The van der Waals surface area contributed by atoms with Crippen molar-refractivity contribution in [3.8, 4) is 0 Å². The predicted molar refractivity (Wildman–Crippen MR) is 97.7 cm³/mol. The molecule has 26 heavy (non-hydrogen) atoms. The zero-order chi connectivity index (χ0) is 18.8. The van der Waals surface area contributed by atoms with Crippen LogP contribution in [0.3, 0.4) is 0 Å². The molecule has 0 radical (unpaired) electrons. The molecule has 0 aliphatic carbocycles. The van der Waals surface area contributed by atoms with Crippen molar-refractivity contribution in [2.24, 2.45) is 7.05 Å². The number of ether oxygens (including phenoxy) is 1. The lowest BCUT2D eigenvalue weighted by Crippen LogP contribution is -2.49. The Morgan fingerprint density at radius 2 is 1.96 bits per heavy atom. The number of carbonyl (C=O) groups is 2. The summed E-state index contributed by atoms with van der Waals surface area (Å²) in [6, 6.07) is 7.52. The summed E-state index contributed by atoms with van der Waals surface area (Å²) in [6.45, 7) is 4.41. The quantitative estimate of drug-likeness (QED) is 0.842. The smallest absolute Gasteiger partial charge is 0.323 e. The van der Waals surface area contributed by atoms with Gasteiger partial charge in [0.25, 0.3) is 0 Å². The molecule has 0 unspecified atom stereocenters. The summed E-state index contributed by atoms with van der Waals surface area (Å²) in [5, 5.41) is 7.24. The topological polar surface area (TPSA) is 76.5 Å². The second-order valence-electron chi connectivity index (χ2n) is 6.63. The number of fused-ring (bicyclic) bond motifs is 1. The Morgan fingerprint density at radius 3 is 2.58 bits per heavy atom. The number of benzene rings is 1. The molecule has 1 atom stereocenters. The number of rotatable bonds is 4. The number of esters is 1. The summed E-state index contributed by atoms with van der Waals surface area (Å²) in [7, 11) is 3.22. The SMILES string of the molecule is COC(=O)[C@H]1Cc2ccccc2CN1CC(=O)Nc1c(C)nn(C)c1C. The summed E-state index contributed by atoms with van der Waals surface area (Å²) in [4.78, 5) is 26.7. The van der Waals surface area contributed by atoms with Gasteiger partial charge in [-0.1, -0.05) is 24.3 Å². The van der Waals surface area contributed by atoms with Crippen molar-refractivity contribution < 1.29 is 14.3 Å². The lowest BCUT2D eigenvalue weighted by Gasteiger charge is -2.34. The van der Waals surface area contributed by atoms with Crippen LogP contribution in [0.4, 0.5) is 5.69 Å². The fourth-order valence-electron chi connectivity index (χ4n) is 3.43. The molecule has 2 heterocycles. The van der Waals surface area contributed by atoms with Crippen molar-refractivity contribution in [2.75, 3.05) is 19.0 Å². The van der Waals surface area contributed by atoms with Gasteiger partial charge in [-0.3, -0.25) is 19.2 Å². The third-order valence-corrected chi connectivity index (χ3v) is 4.94. The zero-order valence-corrected chi connectivity index (χ0v) is 15.6. The highest BCUT2D eigenvalue weighted by Crippen LogP contribution is 2.24. The number of aromatic nitrogens is 2. The number of amides is 1. The molecule has 3 rings (SSSR count). The highest BCUT2D eigenvalue weighted by molar-refractivity contribution is 5.93. The molecule has 0 spiro atoms. The Bertz CT molecular complexity index is 843. The Balaban J connectivity index is 1.77. The molecule has 7 heteroatoms. The van der Waals surface area contributed by atoms with Crippen molar-refractivity contribution in [1.29, 1.82) is 0 Å². The van der Waals surface area contributed by atoms with Gasteiger partial charge in [0.05, 0.1) is 30.7 Å². The van der Waals surface area contributed by atoms with Gasteiger partial charge in [-0.15, -0.1) is 0 Å². The molecule has 0 fully saturated rings. The van der Waals surface area contributed by atoms with Crippen molar-refractivity contribution in [3.63, 3.8) is 0 Å². The van der Waals surface area contributed by atoms with Crippen LogP contribution in [-0.4, -0.2) is 46.3 Å². The van der Waals surface area contributed by atoms with E-state index in [1.54, 1.807) is 4.68 Å². The molecular weight excluding hydrogens is 332 g/mol. The zero-order valence-electron chi connectivity index (χ0n) is 15.6. The Morgan fingerprint density at radius 1 is 1.27 bits per heavy atom. The van der Waals surface area contributed by atoms with Crippen LogP contribution in [0.15, 0.2) is 24.3 Å². The van der Waals surface area contributed by atoms with Crippen molar-refractivity contribution in [1.82, 2.24) is 14.7 Å². The van der Waals surface area contributed by atoms with Crippen LogP contribution in [0.25, 0.3) is 0 Å². The van der Waals surface area contributed by atoms with Gasteiger partial charge in [0.15, 0.2) is 0 Å². The number of methoxy groups -OCH3 is 1. The first-order valence-corrected chi connectivity index (χ1v) is 8.59. The highest BCUT2D eigenvalue weighted by atomic mass is 16.5. The minimum Gasteiger partial charge on any atom is -0.468 e. The maximum Gasteiger partial charge on any atom is 0.323 e. The third kappa shape index (κ3) is 3.48. The Hall–Kier alpha value is -2.67. The van der Waals surface area contributed by atoms with Crippen LogP contribution in [0, 0.1) is 13.8 Å². The van der Waals surface area contributed by atoms with E-state index in [9.17, 15) is 9.59 Å². The van der Waals surface area contributed by atoms with Gasteiger partial charge in [-0.2, -0.15) is 5.10 Å². The van der Waals surface area contributed by atoms with Crippen LogP contribution >= 0.6 is 0 Å². The summed E-state index contributed by atoms with van der Waals surface area (Å²) >= 11 is 0. The normalized spacial score (nSPS) is 16.8. The molecule has 1 amide bonds. The average Bonchev–Trinajstić information content (AvgIpc) is 2.86. The molecule has 2 aromatic rings. The fraction of sp³-hybridized carbons (Fsp3) is 0.421. The lowest BCUT2D eigenvalue weighted by atomic mass is 9.94. The molecule has 138 valence electrons. The van der Waals surface area contributed by atoms with Gasteiger partial charge < -0.3 is 10.1 Å². The first-order chi connectivity index (χ1) is 12.4. The van der Waals surface area contributed by atoms with Crippen LogP contribution in [0.1, 0.15) is 22.5 Å². The van der Waals surface area contributed by atoms with Gasteiger partial charge in [-0.05, 0) is 31.4 Å². The predicted octanol–water partition coefficient (Wildman–Crippen LogP) is 1.58. The molecule has 1 aromatic heterocycles. The number of anilines is 1. The Kier molecular flexibility index (Phi) is 5.08. The van der Waals surface area contributed by atoms with Crippen LogP contribution in [0.2, 0.25) is 0 Å². The maximum absolute atomic E-state index is 12.6. The molecule has 1 aliphatic heterocycles. The van der Waals surface area contributed by atoms with Gasteiger partial charge in [0.2, 0.25) is 5.91 Å². The second-order valence-corrected chi connectivity index (χ2v) is 6.63. The summed E-state index contributed by atoms with van der Waals surface area (Å²) in [5.74, 6) is -0.487. The monoisotopic (exact) mass is 356 g/mol. The second kappa shape index (κ2) is 7.29. The first kappa shape index (κ1) is 18.1. The maximum atomic E-state index is 12.6. The van der Waals surface area contributed by atoms with Crippen molar-refractivity contribution in [2.45, 2.75) is 32.9 Å². The number of aryl methyl sites for hydroxylation is 2. The molecule has 1 aromatic carbocycles. The fourth-order valence-corrected chi connectivity index (χ4v) is 3.43. The molecule has 1 aliphatic rings. The molecular formula is C19H24N4O3. The molecule has 7 nitrogen and oxygen atoms in total. The van der Waals surface area contributed by atoms with E-state index in [2.05, 4.69) is 10.4 Å². The minimum absolute atomic E-state index is 0.113. The summed E-state index contributed by atoms with van der Waals surface area (Å²) in [5.41, 5.74) is 4.65. The van der Waals surface area contributed by atoms with Gasteiger partial charge in [0, 0.05) is 13.6 Å². The van der Waals surface area contributed by atoms with Crippen LogP contribution in [0.5, 0.6) is 0 Å². The van der Waals surface area contributed by atoms with E-state index < -0.39 is 6.04 Å². The highest BCUT2D eigenvalue weighted by Gasteiger charge is 2.33. The van der Waals surface area contributed by atoms with Gasteiger partial charge in [0.1, 0.15) is 6.04 Å². The van der Waals surface area contributed by atoms with E-state index in [-0.39, 0.29) is 18.4 Å². The minimum atomic E-state index is -0.461. The number of carbonyl (C=O) groups excluding carboxylic acids is 2. The molecule has 0 saturated carbocycles. The van der Waals surface area contributed by atoms with E-state index in [0.717, 1.165) is 28.2 Å². The van der Waals surface area contributed by atoms with Crippen molar-refractivity contribution in [3.05, 3.63) is 46.8 Å². The molecule has 0 saturated heterocycles. The van der Waals surface area contributed by atoms with Crippen molar-refractivity contribution >= 4 is 17.6 Å². The van der Waals surface area contributed by atoms with E-state index in [1.165, 1.54) is 7.11 Å². The van der Waals surface area contributed by atoms with Crippen LogP contribution in [-0.2, 0) is 34.3 Å². The number of nitrogens with zero attached hydrogens (tertiary/aromatic N) is 3. The van der Waals surface area contributed by atoms with Gasteiger partial charge >= 0.3 is 5.97 Å². The molecule has 1 N–H and O–H groups in total. The van der Waals surface area contributed by atoms with Crippen LogP contribution < -0.4 is 5.32 Å². The lowest BCUT2D eigenvalue weighted by molar-refractivity contribution is -0.148. The largest absolute Gasteiger partial charge is 0.468 e. The Labute approximate surface area is 152 Å². The summed E-state index contributed by atoms with van der Waals surface area (Å²) < 4.78 is 6.69. The standard InChI is InChI=1S/C19H24N4O3/c1-12-18(13(2)22(3)21-12)20-17(24)11-23-10-15-8-6-5-7-14(15)9-16(23)19(25)26-4/h5-8,16H,9-11H2,1-4H3,(H,20,24)/t16-/m1/s1.